The van der Waals surface area contributed by atoms with Crippen molar-refractivity contribution < 1.29 is 9.32 Å². The summed E-state index contributed by atoms with van der Waals surface area (Å²) in [5.74, 6) is 0.926. The van der Waals surface area contributed by atoms with E-state index in [0.29, 0.717) is 35.9 Å². The van der Waals surface area contributed by atoms with E-state index in [9.17, 15) is 4.79 Å². The van der Waals surface area contributed by atoms with Crippen molar-refractivity contribution in [3.63, 3.8) is 0 Å². The minimum atomic E-state index is -0.00615. The summed E-state index contributed by atoms with van der Waals surface area (Å²) in [4.78, 5) is 18.8. The lowest BCUT2D eigenvalue weighted by molar-refractivity contribution is 0.0715. The number of amides is 1. The van der Waals surface area contributed by atoms with Crippen LogP contribution in [0.25, 0.3) is 11.5 Å². The normalized spacial score (nSPS) is 16.2. The third-order valence-corrected chi connectivity index (χ3v) is 3.74. The van der Waals surface area contributed by atoms with Crippen LogP contribution in [0.15, 0.2) is 28.8 Å². The first-order valence-corrected chi connectivity index (χ1v) is 7.09. The zero-order chi connectivity index (χ0) is 14.8. The Hall–Kier alpha value is -2.21. The van der Waals surface area contributed by atoms with E-state index in [1.165, 1.54) is 0 Å². The summed E-state index contributed by atoms with van der Waals surface area (Å²) >= 11 is 0. The molecule has 0 bridgehead atoms. The van der Waals surface area contributed by atoms with Crippen LogP contribution >= 0.6 is 0 Å². The van der Waals surface area contributed by atoms with Crippen LogP contribution in [-0.4, -0.2) is 40.1 Å². The van der Waals surface area contributed by atoms with Gasteiger partial charge in [0, 0.05) is 19.1 Å². The predicted octanol–water partition coefficient (Wildman–Crippen LogP) is 1.61. The molecule has 0 saturated carbocycles. The summed E-state index contributed by atoms with van der Waals surface area (Å²) in [6, 6.07) is 7.53. The van der Waals surface area contributed by atoms with Crippen molar-refractivity contribution in [1.29, 1.82) is 0 Å². The topological polar surface area (TPSA) is 85.2 Å². The Labute approximate surface area is 122 Å². The van der Waals surface area contributed by atoms with Crippen LogP contribution < -0.4 is 5.73 Å². The number of carbonyl (C=O) groups is 1. The summed E-state index contributed by atoms with van der Waals surface area (Å²) in [5, 5.41) is 3.79. The smallest absolute Gasteiger partial charge is 0.258 e. The van der Waals surface area contributed by atoms with Gasteiger partial charge >= 0.3 is 0 Å². The number of hydrogen-bond donors (Lipinski definition) is 1. The third-order valence-electron chi connectivity index (χ3n) is 3.74. The molecule has 0 radical (unpaired) electrons. The second-order valence-electron chi connectivity index (χ2n) is 5.32. The Morgan fingerprint density at radius 3 is 2.71 bits per heavy atom. The Morgan fingerprint density at radius 1 is 1.33 bits per heavy atom. The molecule has 2 N–H and O–H groups in total. The number of aryl methyl sites for hydroxylation is 1. The number of benzene rings is 1. The zero-order valence-electron chi connectivity index (χ0n) is 12.0. The van der Waals surface area contributed by atoms with Gasteiger partial charge < -0.3 is 15.2 Å². The molecule has 1 aromatic heterocycles. The molecule has 1 aliphatic heterocycles. The van der Waals surface area contributed by atoms with E-state index in [0.717, 1.165) is 12.8 Å². The van der Waals surface area contributed by atoms with Crippen molar-refractivity contribution in [3.8, 4) is 11.5 Å². The number of rotatable bonds is 2. The molecule has 1 amide bonds. The first kappa shape index (κ1) is 13.8. The van der Waals surface area contributed by atoms with E-state index in [1.54, 1.807) is 13.0 Å². The van der Waals surface area contributed by atoms with E-state index >= 15 is 0 Å². The highest BCUT2D eigenvalue weighted by molar-refractivity contribution is 6.00. The number of aromatic nitrogens is 2. The summed E-state index contributed by atoms with van der Waals surface area (Å²) in [7, 11) is 0. The van der Waals surface area contributed by atoms with E-state index < -0.39 is 0 Å². The fraction of sp³-hybridized carbons (Fsp3) is 0.400. The van der Waals surface area contributed by atoms with Crippen molar-refractivity contribution in [2.24, 2.45) is 5.73 Å². The molecule has 2 aromatic rings. The SMILES string of the molecule is Cc1noc(-c2ccccc2C(=O)N2CCC(N)CC2)n1. The monoisotopic (exact) mass is 286 g/mol. The Kier molecular flexibility index (Phi) is 3.70. The quantitative estimate of drug-likeness (QED) is 0.906. The van der Waals surface area contributed by atoms with Crippen LogP contribution in [0.2, 0.25) is 0 Å². The van der Waals surface area contributed by atoms with E-state index in [-0.39, 0.29) is 11.9 Å². The van der Waals surface area contributed by atoms with Gasteiger partial charge in [0.05, 0.1) is 11.1 Å². The average molecular weight is 286 g/mol. The third kappa shape index (κ3) is 2.80. The largest absolute Gasteiger partial charge is 0.339 e. The van der Waals surface area contributed by atoms with Crippen molar-refractivity contribution in [1.82, 2.24) is 15.0 Å². The molecule has 3 rings (SSSR count). The van der Waals surface area contributed by atoms with Crippen molar-refractivity contribution in [2.75, 3.05) is 13.1 Å². The number of carbonyl (C=O) groups excluding carboxylic acids is 1. The molecule has 1 aromatic carbocycles. The van der Waals surface area contributed by atoms with Gasteiger partial charge in [0.25, 0.3) is 11.8 Å². The first-order valence-electron chi connectivity index (χ1n) is 7.09. The molecule has 110 valence electrons. The van der Waals surface area contributed by atoms with Gasteiger partial charge in [0.1, 0.15) is 0 Å². The van der Waals surface area contributed by atoms with Gasteiger partial charge in [-0.1, -0.05) is 17.3 Å². The Bertz CT molecular complexity index is 645. The van der Waals surface area contributed by atoms with Gasteiger partial charge in [-0.3, -0.25) is 4.79 Å². The second-order valence-corrected chi connectivity index (χ2v) is 5.32. The van der Waals surface area contributed by atoms with Gasteiger partial charge in [-0.2, -0.15) is 4.98 Å². The molecular weight excluding hydrogens is 268 g/mol. The molecule has 0 spiro atoms. The number of piperidine rings is 1. The molecule has 1 saturated heterocycles. The molecule has 1 fully saturated rings. The van der Waals surface area contributed by atoms with Crippen LogP contribution in [0, 0.1) is 6.92 Å². The molecule has 2 heterocycles. The number of nitrogens with zero attached hydrogens (tertiary/aromatic N) is 3. The lowest BCUT2D eigenvalue weighted by Gasteiger charge is -2.30. The summed E-state index contributed by atoms with van der Waals surface area (Å²) in [6.45, 7) is 3.14. The maximum Gasteiger partial charge on any atom is 0.258 e. The van der Waals surface area contributed by atoms with Gasteiger partial charge in [0.15, 0.2) is 5.82 Å². The van der Waals surface area contributed by atoms with E-state index in [4.69, 9.17) is 10.3 Å². The molecule has 0 unspecified atom stereocenters. The summed E-state index contributed by atoms with van der Waals surface area (Å²) < 4.78 is 5.19. The molecule has 21 heavy (non-hydrogen) atoms. The lowest BCUT2D eigenvalue weighted by Crippen LogP contribution is -2.43. The molecule has 0 atom stereocenters. The van der Waals surface area contributed by atoms with Crippen molar-refractivity contribution in [2.45, 2.75) is 25.8 Å². The lowest BCUT2D eigenvalue weighted by atomic mass is 10.0. The number of nitrogens with two attached hydrogens (primary N) is 1. The standard InChI is InChI=1S/C15H18N4O2/c1-10-17-14(21-18-10)12-4-2-3-5-13(12)15(20)19-8-6-11(16)7-9-19/h2-5,11H,6-9,16H2,1H3. The highest BCUT2D eigenvalue weighted by Crippen LogP contribution is 2.24. The fourth-order valence-electron chi connectivity index (χ4n) is 2.54. The van der Waals surface area contributed by atoms with Gasteiger partial charge in [-0.25, -0.2) is 0 Å². The fourth-order valence-corrected chi connectivity index (χ4v) is 2.54. The molecule has 1 aliphatic rings. The molecule has 6 nitrogen and oxygen atoms in total. The number of likely N-dealkylation sites (tertiary alicyclic amines) is 1. The van der Waals surface area contributed by atoms with Crippen LogP contribution in [0.4, 0.5) is 0 Å². The zero-order valence-corrected chi connectivity index (χ0v) is 12.0. The molecule has 6 heteroatoms. The first-order chi connectivity index (χ1) is 10.1. The maximum absolute atomic E-state index is 12.7. The van der Waals surface area contributed by atoms with Gasteiger partial charge in [-0.05, 0) is 31.9 Å². The van der Waals surface area contributed by atoms with Gasteiger partial charge in [-0.15, -0.1) is 0 Å². The molecular formula is C15H18N4O2. The maximum atomic E-state index is 12.7. The van der Waals surface area contributed by atoms with Crippen molar-refractivity contribution >= 4 is 5.91 Å². The van der Waals surface area contributed by atoms with Gasteiger partial charge in [0.2, 0.25) is 0 Å². The molecule has 0 aliphatic carbocycles. The Balaban J connectivity index is 1.90. The van der Waals surface area contributed by atoms with Crippen molar-refractivity contribution in [3.05, 3.63) is 35.7 Å². The summed E-state index contributed by atoms with van der Waals surface area (Å²) in [6.07, 6.45) is 1.68. The highest BCUT2D eigenvalue weighted by atomic mass is 16.5. The van der Waals surface area contributed by atoms with E-state index in [1.807, 2.05) is 23.1 Å². The van der Waals surface area contributed by atoms with E-state index in [2.05, 4.69) is 10.1 Å². The number of hydrogen-bond acceptors (Lipinski definition) is 5. The summed E-state index contributed by atoms with van der Waals surface area (Å²) in [5.41, 5.74) is 7.16. The van der Waals surface area contributed by atoms with Crippen LogP contribution in [-0.2, 0) is 0 Å². The Morgan fingerprint density at radius 2 is 2.05 bits per heavy atom. The minimum absolute atomic E-state index is 0.00615. The minimum Gasteiger partial charge on any atom is -0.339 e. The van der Waals surface area contributed by atoms with Crippen LogP contribution in [0.1, 0.15) is 29.0 Å². The predicted molar refractivity (Wildman–Crippen MR) is 77.6 cm³/mol. The van der Waals surface area contributed by atoms with Crippen LogP contribution in [0.5, 0.6) is 0 Å². The highest BCUT2D eigenvalue weighted by Gasteiger charge is 2.24. The van der Waals surface area contributed by atoms with Crippen LogP contribution in [0.3, 0.4) is 0 Å². The second kappa shape index (κ2) is 5.65. The average Bonchev–Trinajstić information content (AvgIpc) is 2.94.